The number of aryl methyl sites for hydroxylation is 1. The molecule has 2 aromatic carbocycles. The minimum absolute atomic E-state index is 0.227. The van der Waals surface area contributed by atoms with Crippen LogP contribution in [0.2, 0.25) is 0 Å². The molecule has 3 aromatic rings. The molecule has 0 fully saturated rings. The fraction of sp³-hybridized carbons (Fsp3) is 0.111. The van der Waals surface area contributed by atoms with Crippen molar-refractivity contribution in [1.29, 1.82) is 0 Å². The molecule has 0 radical (unpaired) electrons. The number of benzene rings is 2. The van der Waals surface area contributed by atoms with Gasteiger partial charge < -0.3 is 5.32 Å². The summed E-state index contributed by atoms with van der Waals surface area (Å²) in [6.45, 7) is 2.35. The second kappa shape index (κ2) is 6.71. The highest BCUT2D eigenvalue weighted by Crippen LogP contribution is 2.26. The quantitative estimate of drug-likeness (QED) is 0.781. The fourth-order valence-electron chi connectivity index (χ4n) is 2.24. The van der Waals surface area contributed by atoms with Crippen LogP contribution in [0, 0.1) is 12.7 Å². The van der Waals surface area contributed by atoms with Crippen molar-refractivity contribution in [3.63, 3.8) is 0 Å². The van der Waals surface area contributed by atoms with Gasteiger partial charge >= 0.3 is 0 Å². The number of carbonyl (C=O) groups is 1. The summed E-state index contributed by atoms with van der Waals surface area (Å²) in [5.41, 5.74) is 3.44. The summed E-state index contributed by atoms with van der Waals surface area (Å²) in [5.74, 6) is -0.582. The number of carbonyl (C=O) groups excluding carboxylic acids is 1. The van der Waals surface area contributed by atoms with E-state index in [-0.39, 0.29) is 11.7 Å². The number of nitrogens with one attached hydrogen (secondary N) is 1. The molecule has 1 N–H and O–H groups in total. The number of amides is 1. The van der Waals surface area contributed by atoms with Gasteiger partial charge in [-0.15, -0.1) is 11.3 Å². The van der Waals surface area contributed by atoms with E-state index in [1.807, 2.05) is 36.6 Å². The molecule has 23 heavy (non-hydrogen) atoms. The Morgan fingerprint density at radius 1 is 1.17 bits per heavy atom. The Kier molecular flexibility index (Phi) is 4.48. The van der Waals surface area contributed by atoms with E-state index in [2.05, 4.69) is 10.3 Å². The number of rotatable bonds is 4. The smallest absolute Gasteiger partial charge is 0.251 e. The molecular weight excluding hydrogens is 311 g/mol. The minimum atomic E-state index is -0.356. The maximum atomic E-state index is 12.9. The van der Waals surface area contributed by atoms with Crippen LogP contribution in [0.15, 0.2) is 53.9 Å². The number of halogens is 1. The normalized spacial score (nSPS) is 10.5. The van der Waals surface area contributed by atoms with E-state index >= 15 is 0 Å². The molecule has 0 saturated carbocycles. The fourth-order valence-corrected chi connectivity index (χ4v) is 3.10. The first-order chi connectivity index (χ1) is 11.1. The molecule has 3 nitrogen and oxygen atoms in total. The van der Waals surface area contributed by atoms with Crippen LogP contribution in [0.3, 0.4) is 0 Å². The van der Waals surface area contributed by atoms with Gasteiger partial charge in [0.25, 0.3) is 5.91 Å². The molecule has 0 atom stereocenters. The first kappa shape index (κ1) is 15.4. The zero-order chi connectivity index (χ0) is 16.2. The van der Waals surface area contributed by atoms with Gasteiger partial charge in [0, 0.05) is 28.7 Å². The van der Waals surface area contributed by atoms with E-state index in [9.17, 15) is 9.18 Å². The Bertz CT molecular complexity index is 827. The summed E-state index contributed by atoms with van der Waals surface area (Å²) in [7, 11) is 0. The minimum Gasteiger partial charge on any atom is -0.348 e. The van der Waals surface area contributed by atoms with Gasteiger partial charge in [0.1, 0.15) is 10.8 Å². The summed E-state index contributed by atoms with van der Waals surface area (Å²) >= 11 is 1.58. The molecule has 3 rings (SSSR count). The van der Waals surface area contributed by atoms with Crippen LogP contribution in [0.5, 0.6) is 0 Å². The molecule has 116 valence electrons. The van der Waals surface area contributed by atoms with E-state index < -0.39 is 0 Å². The van der Waals surface area contributed by atoms with Gasteiger partial charge in [0.05, 0.1) is 0 Å². The summed E-state index contributed by atoms with van der Waals surface area (Å²) in [4.78, 5) is 16.6. The lowest BCUT2D eigenvalue weighted by Crippen LogP contribution is -2.23. The largest absolute Gasteiger partial charge is 0.348 e. The van der Waals surface area contributed by atoms with E-state index in [1.54, 1.807) is 11.3 Å². The average molecular weight is 326 g/mol. The standard InChI is InChI=1S/C18H15FN2OS/c1-12-11-23-18(21-12)16-5-3-2-4-14(16)10-20-17(22)13-6-8-15(19)9-7-13/h2-9,11H,10H2,1H3,(H,20,22). The Morgan fingerprint density at radius 2 is 1.91 bits per heavy atom. The van der Waals surface area contributed by atoms with Gasteiger partial charge in [-0.05, 0) is 36.8 Å². The van der Waals surface area contributed by atoms with E-state index in [1.165, 1.54) is 24.3 Å². The van der Waals surface area contributed by atoms with Crippen LogP contribution >= 0.6 is 11.3 Å². The first-order valence-electron chi connectivity index (χ1n) is 7.17. The van der Waals surface area contributed by atoms with Crippen LogP contribution < -0.4 is 5.32 Å². The molecular formula is C18H15FN2OS. The molecule has 1 aromatic heterocycles. The molecule has 1 heterocycles. The van der Waals surface area contributed by atoms with Crippen molar-refractivity contribution in [1.82, 2.24) is 10.3 Å². The molecule has 1 amide bonds. The van der Waals surface area contributed by atoms with Crippen molar-refractivity contribution >= 4 is 17.2 Å². The molecule has 0 unspecified atom stereocenters. The Hall–Kier alpha value is -2.53. The number of thiazole rings is 1. The predicted octanol–water partition coefficient (Wildman–Crippen LogP) is 4.19. The Labute approximate surface area is 137 Å². The summed E-state index contributed by atoms with van der Waals surface area (Å²) in [6.07, 6.45) is 0. The number of nitrogens with zero attached hydrogens (tertiary/aromatic N) is 1. The summed E-state index contributed by atoms with van der Waals surface area (Å²) in [6, 6.07) is 13.4. The van der Waals surface area contributed by atoms with E-state index in [0.717, 1.165) is 21.8 Å². The summed E-state index contributed by atoms with van der Waals surface area (Å²) < 4.78 is 12.9. The van der Waals surface area contributed by atoms with E-state index in [0.29, 0.717) is 12.1 Å². The second-order valence-electron chi connectivity index (χ2n) is 5.14. The van der Waals surface area contributed by atoms with Crippen molar-refractivity contribution in [3.8, 4) is 10.6 Å². The zero-order valence-electron chi connectivity index (χ0n) is 12.5. The predicted molar refractivity (Wildman–Crippen MR) is 89.9 cm³/mol. The molecule has 0 saturated heterocycles. The SMILES string of the molecule is Cc1csc(-c2ccccc2CNC(=O)c2ccc(F)cc2)n1. The Morgan fingerprint density at radius 3 is 2.61 bits per heavy atom. The average Bonchev–Trinajstić information content (AvgIpc) is 3.00. The van der Waals surface area contributed by atoms with E-state index in [4.69, 9.17) is 0 Å². The number of aromatic nitrogens is 1. The van der Waals surface area contributed by atoms with Gasteiger partial charge in [-0.3, -0.25) is 4.79 Å². The van der Waals surface area contributed by atoms with Gasteiger partial charge in [0.2, 0.25) is 0 Å². The van der Waals surface area contributed by atoms with Crippen LogP contribution in [0.25, 0.3) is 10.6 Å². The topological polar surface area (TPSA) is 42.0 Å². The maximum Gasteiger partial charge on any atom is 0.251 e. The van der Waals surface area contributed by atoms with Crippen LogP contribution in [-0.2, 0) is 6.54 Å². The van der Waals surface area contributed by atoms with Crippen molar-refractivity contribution in [3.05, 3.63) is 76.5 Å². The highest BCUT2D eigenvalue weighted by Gasteiger charge is 2.10. The number of hydrogen-bond donors (Lipinski definition) is 1. The number of hydrogen-bond acceptors (Lipinski definition) is 3. The van der Waals surface area contributed by atoms with Crippen molar-refractivity contribution in [2.24, 2.45) is 0 Å². The molecule has 0 bridgehead atoms. The maximum absolute atomic E-state index is 12.9. The third kappa shape index (κ3) is 3.63. The highest BCUT2D eigenvalue weighted by molar-refractivity contribution is 7.13. The van der Waals surface area contributed by atoms with Gasteiger partial charge in [-0.2, -0.15) is 0 Å². The third-order valence-electron chi connectivity index (χ3n) is 3.41. The molecule has 5 heteroatoms. The highest BCUT2D eigenvalue weighted by atomic mass is 32.1. The van der Waals surface area contributed by atoms with Crippen LogP contribution in [0.1, 0.15) is 21.6 Å². The van der Waals surface area contributed by atoms with Gasteiger partial charge in [-0.1, -0.05) is 24.3 Å². The van der Waals surface area contributed by atoms with Crippen molar-refractivity contribution < 1.29 is 9.18 Å². The monoisotopic (exact) mass is 326 g/mol. The second-order valence-corrected chi connectivity index (χ2v) is 6.00. The van der Waals surface area contributed by atoms with Crippen molar-refractivity contribution in [2.45, 2.75) is 13.5 Å². The molecule has 0 aliphatic rings. The molecule has 0 aliphatic carbocycles. The lowest BCUT2D eigenvalue weighted by Gasteiger charge is -2.09. The first-order valence-corrected chi connectivity index (χ1v) is 8.05. The third-order valence-corrected chi connectivity index (χ3v) is 4.41. The van der Waals surface area contributed by atoms with Crippen LogP contribution in [-0.4, -0.2) is 10.9 Å². The lowest BCUT2D eigenvalue weighted by molar-refractivity contribution is 0.0951. The Balaban J connectivity index is 1.76. The lowest BCUT2D eigenvalue weighted by atomic mass is 10.1. The molecule has 0 aliphatic heterocycles. The van der Waals surface area contributed by atoms with Gasteiger partial charge in [0.15, 0.2) is 0 Å². The van der Waals surface area contributed by atoms with Gasteiger partial charge in [-0.25, -0.2) is 9.37 Å². The zero-order valence-corrected chi connectivity index (χ0v) is 13.4. The molecule has 0 spiro atoms. The van der Waals surface area contributed by atoms with Crippen LogP contribution in [0.4, 0.5) is 4.39 Å². The van der Waals surface area contributed by atoms with Crippen molar-refractivity contribution in [2.75, 3.05) is 0 Å². The summed E-state index contributed by atoms with van der Waals surface area (Å²) in [5, 5.41) is 5.81.